The molecule has 0 aromatic carbocycles. The van der Waals surface area contributed by atoms with Crippen molar-refractivity contribution < 1.29 is 4.79 Å². The highest BCUT2D eigenvalue weighted by Crippen LogP contribution is 2.25. The summed E-state index contributed by atoms with van der Waals surface area (Å²) < 4.78 is 0. The van der Waals surface area contributed by atoms with Gasteiger partial charge in [-0.1, -0.05) is 41.6 Å². The van der Waals surface area contributed by atoms with E-state index in [4.69, 9.17) is 0 Å². The van der Waals surface area contributed by atoms with E-state index in [0.717, 1.165) is 0 Å². The Morgan fingerprint density at radius 1 is 1.20 bits per heavy atom. The van der Waals surface area contributed by atoms with Crippen LogP contribution in [0.3, 0.4) is 0 Å². The summed E-state index contributed by atoms with van der Waals surface area (Å²) in [6.07, 6.45) is 7.94. The van der Waals surface area contributed by atoms with E-state index in [2.05, 4.69) is 28.2 Å². The third-order valence-electron chi connectivity index (χ3n) is 3.34. The fourth-order valence-electron chi connectivity index (χ4n) is 2.27. The first kappa shape index (κ1) is 13.0. The van der Waals surface area contributed by atoms with Crippen LogP contribution >= 0.6 is 15.9 Å². The second-order valence-corrected chi connectivity index (χ2v) is 6.04. The number of rotatable bonds is 3. The quantitative estimate of drug-likeness (QED) is 0.622. The van der Waals surface area contributed by atoms with Crippen LogP contribution in [-0.2, 0) is 4.79 Å². The number of hydrogen-bond acceptors (Lipinski definition) is 1. The van der Waals surface area contributed by atoms with Gasteiger partial charge in [0.05, 0.1) is 4.83 Å². The minimum Gasteiger partial charge on any atom is -0.352 e. The van der Waals surface area contributed by atoms with Crippen molar-refractivity contribution in [2.24, 2.45) is 5.92 Å². The Morgan fingerprint density at radius 3 is 2.20 bits per heavy atom. The topological polar surface area (TPSA) is 29.1 Å². The highest BCUT2D eigenvalue weighted by atomic mass is 79.9. The Morgan fingerprint density at radius 2 is 1.73 bits per heavy atom. The molecule has 1 aliphatic rings. The zero-order chi connectivity index (χ0) is 11.3. The van der Waals surface area contributed by atoms with Gasteiger partial charge in [0, 0.05) is 6.04 Å². The number of halogens is 1. The highest BCUT2D eigenvalue weighted by Gasteiger charge is 2.21. The van der Waals surface area contributed by atoms with Crippen LogP contribution in [0.1, 0.15) is 52.4 Å². The van der Waals surface area contributed by atoms with Gasteiger partial charge >= 0.3 is 0 Å². The third kappa shape index (κ3) is 4.54. The molecule has 15 heavy (non-hydrogen) atoms. The summed E-state index contributed by atoms with van der Waals surface area (Å²) in [5, 5.41) is 3.09. The number of carbonyl (C=O) groups excluding carboxylic acids is 1. The molecule has 1 N–H and O–H groups in total. The SMILES string of the molecule is CC(Br)C(=O)N[C@H](C)C1CCCCCC1. The Hall–Kier alpha value is -0.0500. The normalized spacial score (nSPS) is 22.9. The van der Waals surface area contributed by atoms with Gasteiger partial charge in [0.25, 0.3) is 0 Å². The lowest BCUT2D eigenvalue weighted by Gasteiger charge is -2.24. The molecule has 0 spiro atoms. The van der Waals surface area contributed by atoms with Crippen molar-refractivity contribution in [1.82, 2.24) is 5.32 Å². The maximum absolute atomic E-state index is 11.5. The van der Waals surface area contributed by atoms with E-state index in [9.17, 15) is 4.79 Å². The van der Waals surface area contributed by atoms with Crippen molar-refractivity contribution in [2.75, 3.05) is 0 Å². The molecular weight excluding hydrogens is 254 g/mol. The minimum atomic E-state index is -0.0780. The lowest BCUT2D eigenvalue weighted by molar-refractivity contribution is -0.121. The first-order chi connectivity index (χ1) is 7.11. The maximum atomic E-state index is 11.5. The number of hydrogen-bond donors (Lipinski definition) is 1. The number of amides is 1. The zero-order valence-corrected chi connectivity index (χ0v) is 11.3. The first-order valence-electron chi connectivity index (χ1n) is 6.05. The molecule has 88 valence electrons. The minimum absolute atomic E-state index is 0.0780. The maximum Gasteiger partial charge on any atom is 0.233 e. The van der Waals surface area contributed by atoms with Gasteiger partial charge in [-0.2, -0.15) is 0 Å². The van der Waals surface area contributed by atoms with Crippen molar-refractivity contribution in [3.8, 4) is 0 Å². The van der Waals surface area contributed by atoms with E-state index < -0.39 is 0 Å². The van der Waals surface area contributed by atoms with Crippen molar-refractivity contribution in [3.63, 3.8) is 0 Å². The molecule has 0 heterocycles. The summed E-state index contributed by atoms with van der Waals surface area (Å²) in [6, 6.07) is 0.329. The molecule has 0 saturated heterocycles. The zero-order valence-electron chi connectivity index (χ0n) is 9.76. The Labute approximate surface area is 101 Å². The molecule has 3 heteroatoms. The fraction of sp³-hybridized carbons (Fsp3) is 0.917. The van der Waals surface area contributed by atoms with Crippen LogP contribution in [-0.4, -0.2) is 16.8 Å². The molecule has 1 saturated carbocycles. The summed E-state index contributed by atoms with van der Waals surface area (Å²) in [4.78, 5) is 11.4. The van der Waals surface area contributed by atoms with Crippen molar-refractivity contribution in [2.45, 2.75) is 63.2 Å². The van der Waals surface area contributed by atoms with Gasteiger partial charge in [-0.3, -0.25) is 4.79 Å². The molecule has 2 atom stereocenters. The average molecular weight is 276 g/mol. The van der Waals surface area contributed by atoms with Gasteiger partial charge in [-0.25, -0.2) is 0 Å². The number of alkyl halides is 1. The van der Waals surface area contributed by atoms with Crippen LogP contribution < -0.4 is 5.32 Å². The van der Waals surface area contributed by atoms with E-state index in [1.165, 1.54) is 38.5 Å². The summed E-state index contributed by atoms with van der Waals surface area (Å²) in [7, 11) is 0. The molecule has 2 nitrogen and oxygen atoms in total. The molecule has 0 aromatic heterocycles. The van der Waals surface area contributed by atoms with Crippen molar-refractivity contribution in [3.05, 3.63) is 0 Å². The summed E-state index contributed by atoms with van der Waals surface area (Å²) in [6.45, 7) is 4.01. The second-order valence-electron chi connectivity index (χ2n) is 4.66. The van der Waals surface area contributed by atoms with E-state index in [1.54, 1.807) is 0 Å². The second kappa shape index (κ2) is 6.51. The molecule has 0 radical (unpaired) electrons. The molecule has 0 bridgehead atoms. The molecular formula is C12H22BrNO. The fourth-order valence-corrected chi connectivity index (χ4v) is 2.40. The summed E-state index contributed by atoms with van der Waals surface area (Å²) in [5.41, 5.74) is 0. The lowest BCUT2D eigenvalue weighted by Crippen LogP contribution is -2.41. The van der Waals surface area contributed by atoms with Gasteiger partial charge in [-0.15, -0.1) is 0 Å². The number of carbonyl (C=O) groups is 1. The van der Waals surface area contributed by atoms with E-state index in [0.29, 0.717) is 12.0 Å². The van der Waals surface area contributed by atoms with Crippen LogP contribution in [0, 0.1) is 5.92 Å². The van der Waals surface area contributed by atoms with Gasteiger partial charge in [0.15, 0.2) is 0 Å². The molecule has 1 unspecified atom stereocenters. The van der Waals surface area contributed by atoms with E-state index >= 15 is 0 Å². The Kier molecular flexibility index (Phi) is 5.65. The van der Waals surface area contributed by atoms with Crippen LogP contribution in [0.15, 0.2) is 0 Å². The summed E-state index contributed by atoms with van der Waals surface area (Å²) >= 11 is 3.30. The van der Waals surface area contributed by atoms with E-state index in [1.807, 2.05) is 6.92 Å². The average Bonchev–Trinajstić information content (AvgIpc) is 2.45. The van der Waals surface area contributed by atoms with Crippen LogP contribution in [0.2, 0.25) is 0 Å². The molecule has 1 amide bonds. The standard InChI is InChI=1S/C12H22BrNO/c1-9(13)12(15)14-10(2)11-7-5-3-4-6-8-11/h9-11H,3-8H2,1-2H3,(H,14,15)/t9?,10-/m1/s1. The number of nitrogens with one attached hydrogen (secondary N) is 1. The Bertz CT molecular complexity index is 198. The smallest absolute Gasteiger partial charge is 0.233 e. The predicted molar refractivity (Wildman–Crippen MR) is 67.2 cm³/mol. The highest BCUT2D eigenvalue weighted by molar-refractivity contribution is 9.10. The molecule has 0 aromatic rings. The predicted octanol–water partition coefficient (Wildman–Crippen LogP) is 3.24. The van der Waals surface area contributed by atoms with Gasteiger partial charge < -0.3 is 5.32 Å². The third-order valence-corrected chi connectivity index (χ3v) is 3.75. The van der Waals surface area contributed by atoms with Crippen LogP contribution in [0.25, 0.3) is 0 Å². The molecule has 0 aliphatic heterocycles. The first-order valence-corrected chi connectivity index (χ1v) is 6.97. The van der Waals surface area contributed by atoms with Gasteiger partial charge in [0.1, 0.15) is 0 Å². The van der Waals surface area contributed by atoms with Crippen LogP contribution in [0.5, 0.6) is 0 Å². The van der Waals surface area contributed by atoms with Gasteiger partial charge in [0.2, 0.25) is 5.91 Å². The van der Waals surface area contributed by atoms with Crippen LogP contribution in [0.4, 0.5) is 0 Å². The molecule has 1 aliphatic carbocycles. The van der Waals surface area contributed by atoms with Crippen molar-refractivity contribution >= 4 is 21.8 Å². The Balaban J connectivity index is 2.37. The monoisotopic (exact) mass is 275 g/mol. The molecule has 1 rings (SSSR count). The lowest BCUT2D eigenvalue weighted by atomic mass is 9.93. The largest absolute Gasteiger partial charge is 0.352 e. The van der Waals surface area contributed by atoms with Gasteiger partial charge in [-0.05, 0) is 32.6 Å². The summed E-state index contributed by atoms with van der Waals surface area (Å²) in [5.74, 6) is 0.800. The van der Waals surface area contributed by atoms with E-state index in [-0.39, 0.29) is 10.7 Å². The molecule has 1 fully saturated rings. The van der Waals surface area contributed by atoms with Crippen molar-refractivity contribution in [1.29, 1.82) is 0 Å².